The SMILES string of the molecule is CCCCOCCN1CN(CCOCCCC)CN(CCOCCCC)C1. The van der Waals surface area contributed by atoms with E-state index in [0.717, 1.165) is 98.5 Å². The fourth-order valence-electron chi connectivity index (χ4n) is 3.03. The average Bonchev–Trinajstić information content (AvgIpc) is 2.67. The van der Waals surface area contributed by atoms with Crippen molar-refractivity contribution in [3.8, 4) is 0 Å². The van der Waals surface area contributed by atoms with Crippen molar-refractivity contribution in [1.29, 1.82) is 0 Å². The summed E-state index contributed by atoms with van der Waals surface area (Å²) in [7, 11) is 0. The van der Waals surface area contributed by atoms with Crippen LogP contribution in [0.5, 0.6) is 0 Å². The van der Waals surface area contributed by atoms with Crippen molar-refractivity contribution in [2.75, 3.05) is 79.3 Å². The average molecular weight is 388 g/mol. The van der Waals surface area contributed by atoms with Gasteiger partial charge in [0.2, 0.25) is 0 Å². The molecule has 0 amide bonds. The Morgan fingerprint density at radius 1 is 0.481 bits per heavy atom. The van der Waals surface area contributed by atoms with Gasteiger partial charge in [-0.25, -0.2) is 0 Å². The Balaban J connectivity index is 2.31. The molecule has 0 saturated carbocycles. The lowest BCUT2D eigenvalue weighted by Gasteiger charge is -2.42. The molecular weight excluding hydrogens is 342 g/mol. The molecule has 1 fully saturated rings. The number of rotatable bonds is 18. The highest BCUT2D eigenvalue weighted by molar-refractivity contribution is 4.69. The number of ether oxygens (including phenoxy) is 3. The van der Waals surface area contributed by atoms with Crippen LogP contribution in [-0.4, -0.2) is 94.0 Å². The third kappa shape index (κ3) is 13.6. The summed E-state index contributed by atoms with van der Waals surface area (Å²) in [5.74, 6) is 0. The minimum atomic E-state index is 0.821. The van der Waals surface area contributed by atoms with Crippen LogP contribution >= 0.6 is 0 Å². The topological polar surface area (TPSA) is 37.4 Å². The molecule has 27 heavy (non-hydrogen) atoms. The molecule has 1 aliphatic heterocycles. The molecule has 1 heterocycles. The second kappa shape index (κ2) is 17.8. The highest BCUT2D eigenvalue weighted by atomic mass is 16.5. The van der Waals surface area contributed by atoms with Gasteiger partial charge in [-0.3, -0.25) is 14.7 Å². The Kier molecular flexibility index (Phi) is 16.4. The van der Waals surface area contributed by atoms with Crippen LogP contribution in [0, 0.1) is 0 Å². The van der Waals surface area contributed by atoms with Crippen LogP contribution < -0.4 is 0 Å². The Hall–Kier alpha value is -0.240. The smallest absolute Gasteiger partial charge is 0.0594 e. The summed E-state index contributed by atoms with van der Waals surface area (Å²) < 4.78 is 17.3. The van der Waals surface area contributed by atoms with Gasteiger partial charge in [-0.1, -0.05) is 40.0 Å². The summed E-state index contributed by atoms with van der Waals surface area (Å²) in [6, 6.07) is 0. The first kappa shape index (κ1) is 24.8. The molecular formula is C21H45N3O3. The zero-order valence-electron chi connectivity index (χ0n) is 18.3. The summed E-state index contributed by atoms with van der Waals surface area (Å²) in [6.45, 7) is 17.7. The fraction of sp³-hybridized carbons (Fsp3) is 1.00. The molecule has 1 saturated heterocycles. The van der Waals surface area contributed by atoms with Crippen LogP contribution in [0.1, 0.15) is 59.3 Å². The monoisotopic (exact) mass is 387 g/mol. The normalized spacial score (nSPS) is 17.0. The molecule has 6 nitrogen and oxygen atoms in total. The number of hydrogen-bond donors (Lipinski definition) is 0. The predicted molar refractivity (Wildman–Crippen MR) is 112 cm³/mol. The molecule has 0 spiro atoms. The van der Waals surface area contributed by atoms with Crippen LogP contribution in [0.15, 0.2) is 0 Å². The zero-order valence-corrected chi connectivity index (χ0v) is 18.3. The zero-order chi connectivity index (χ0) is 19.6. The van der Waals surface area contributed by atoms with Crippen molar-refractivity contribution in [1.82, 2.24) is 14.7 Å². The largest absolute Gasteiger partial charge is 0.380 e. The van der Waals surface area contributed by atoms with Gasteiger partial charge in [-0.15, -0.1) is 0 Å². The molecule has 0 atom stereocenters. The molecule has 0 radical (unpaired) electrons. The maximum atomic E-state index is 5.77. The number of nitrogens with zero attached hydrogens (tertiary/aromatic N) is 3. The molecule has 0 aromatic heterocycles. The van der Waals surface area contributed by atoms with Crippen LogP contribution in [-0.2, 0) is 14.2 Å². The van der Waals surface area contributed by atoms with E-state index >= 15 is 0 Å². The Bertz CT molecular complexity index is 267. The number of unbranched alkanes of at least 4 members (excludes halogenated alkanes) is 3. The molecule has 1 aliphatic rings. The second-order valence-corrected chi connectivity index (χ2v) is 7.51. The summed E-state index contributed by atoms with van der Waals surface area (Å²) in [4.78, 5) is 7.44. The molecule has 6 heteroatoms. The summed E-state index contributed by atoms with van der Waals surface area (Å²) >= 11 is 0. The van der Waals surface area contributed by atoms with Crippen molar-refractivity contribution in [2.45, 2.75) is 59.3 Å². The van der Waals surface area contributed by atoms with E-state index in [0.29, 0.717) is 0 Å². The highest BCUT2D eigenvalue weighted by Gasteiger charge is 2.22. The minimum Gasteiger partial charge on any atom is -0.380 e. The predicted octanol–water partition coefficient (Wildman–Crippen LogP) is 3.23. The van der Waals surface area contributed by atoms with Gasteiger partial charge < -0.3 is 14.2 Å². The fourth-order valence-corrected chi connectivity index (χ4v) is 3.03. The summed E-state index contributed by atoms with van der Waals surface area (Å²) in [5, 5.41) is 0. The van der Waals surface area contributed by atoms with E-state index in [1.165, 1.54) is 19.3 Å². The number of hydrogen-bond acceptors (Lipinski definition) is 6. The maximum absolute atomic E-state index is 5.77. The van der Waals surface area contributed by atoms with Crippen molar-refractivity contribution in [3.05, 3.63) is 0 Å². The van der Waals surface area contributed by atoms with Crippen molar-refractivity contribution in [2.24, 2.45) is 0 Å². The molecule has 162 valence electrons. The molecule has 0 N–H and O–H groups in total. The summed E-state index contributed by atoms with van der Waals surface area (Å²) in [5.41, 5.74) is 0. The van der Waals surface area contributed by atoms with Gasteiger partial charge in [0.25, 0.3) is 0 Å². The Labute approximate surface area is 168 Å². The third-order valence-electron chi connectivity index (χ3n) is 4.78. The lowest BCUT2D eigenvalue weighted by molar-refractivity contribution is -0.0575. The molecule has 0 unspecified atom stereocenters. The minimum absolute atomic E-state index is 0.821. The van der Waals surface area contributed by atoms with E-state index in [1.54, 1.807) is 0 Å². The summed E-state index contributed by atoms with van der Waals surface area (Å²) in [6.07, 6.45) is 7.05. The lowest BCUT2D eigenvalue weighted by Crippen LogP contribution is -2.56. The van der Waals surface area contributed by atoms with E-state index in [-0.39, 0.29) is 0 Å². The highest BCUT2D eigenvalue weighted by Crippen LogP contribution is 2.08. The van der Waals surface area contributed by atoms with E-state index in [4.69, 9.17) is 14.2 Å². The lowest BCUT2D eigenvalue weighted by atomic mass is 10.3. The quantitative estimate of drug-likeness (QED) is 0.336. The van der Waals surface area contributed by atoms with E-state index < -0.39 is 0 Å². The Morgan fingerprint density at radius 3 is 1.04 bits per heavy atom. The van der Waals surface area contributed by atoms with E-state index in [2.05, 4.69) is 35.5 Å². The van der Waals surface area contributed by atoms with Gasteiger partial charge in [0.1, 0.15) is 0 Å². The molecule has 0 aliphatic carbocycles. The standard InChI is InChI=1S/C21H45N3O3/c1-4-7-13-25-16-10-22-19-23(11-17-26-14-8-5-2)21-24(20-22)12-18-27-15-9-6-3/h4-21H2,1-3H3. The van der Waals surface area contributed by atoms with Crippen LogP contribution in [0.4, 0.5) is 0 Å². The maximum Gasteiger partial charge on any atom is 0.0594 e. The molecule has 0 aromatic carbocycles. The first-order valence-corrected chi connectivity index (χ1v) is 11.2. The van der Waals surface area contributed by atoms with E-state index in [1.807, 2.05) is 0 Å². The second-order valence-electron chi connectivity index (χ2n) is 7.51. The van der Waals surface area contributed by atoms with Crippen LogP contribution in [0.2, 0.25) is 0 Å². The van der Waals surface area contributed by atoms with Crippen LogP contribution in [0.3, 0.4) is 0 Å². The van der Waals surface area contributed by atoms with E-state index in [9.17, 15) is 0 Å². The Morgan fingerprint density at radius 2 is 0.778 bits per heavy atom. The van der Waals surface area contributed by atoms with Gasteiger partial charge in [0.15, 0.2) is 0 Å². The third-order valence-corrected chi connectivity index (χ3v) is 4.78. The van der Waals surface area contributed by atoms with Gasteiger partial charge in [0.05, 0.1) is 39.8 Å². The molecule has 0 bridgehead atoms. The van der Waals surface area contributed by atoms with Crippen LogP contribution in [0.25, 0.3) is 0 Å². The molecule has 1 rings (SSSR count). The first-order valence-electron chi connectivity index (χ1n) is 11.2. The van der Waals surface area contributed by atoms with Gasteiger partial charge in [-0.05, 0) is 19.3 Å². The van der Waals surface area contributed by atoms with Gasteiger partial charge >= 0.3 is 0 Å². The van der Waals surface area contributed by atoms with Crippen molar-refractivity contribution >= 4 is 0 Å². The van der Waals surface area contributed by atoms with Gasteiger partial charge in [-0.2, -0.15) is 0 Å². The molecule has 0 aromatic rings. The van der Waals surface area contributed by atoms with Gasteiger partial charge in [0, 0.05) is 39.5 Å². The van der Waals surface area contributed by atoms with Crippen molar-refractivity contribution in [3.63, 3.8) is 0 Å². The van der Waals surface area contributed by atoms with Crippen molar-refractivity contribution < 1.29 is 14.2 Å². The first-order chi connectivity index (χ1) is 13.3.